The largest absolute Gasteiger partial charge is 0.573 e. The summed E-state index contributed by atoms with van der Waals surface area (Å²) in [7, 11) is 0. The Morgan fingerprint density at radius 2 is 2.00 bits per heavy atom. The van der Waals surface area contributed by atoms with Gasteiger partial charge in [0.15, 0.2) is 11.6 Å². The molecule has 0 aliphatic rings. The van der Waals surface area contributed by atoms with Crippen LogP contribution in [0.15, 0.2) is 18.2 Å². The first-order valence-electron chi connectivity index (χ1n) is 4.57. The Bertz CT molecular complexity index is 362. The minimum atomic E-state index is -4.89. The van der Waals surface area contributed by atoms with Gasteiger partial charge >= 0.3 is 6.36 Å². The number of hydrogen-bond donors (Lipinski definition) is 1. The van der Waals surface area contributed by atoms with Crippen molar-refractivity contribution in [2.24, 2.45) is 5.73 Å². The molecule has 0 aliphatic heterocycles. The highest BCUT2D eigenvalue weighted by Crippen LogP contribution is 2.26. The van der Waals surface area contributed by atoms with Gasteiger partial charge in [-0.15, -0.1) is 13.2 Å². The van der Waals surface area contributed by atoms with Crippen molar-refractivity contribution >= 4 is 0 Å². The maximum Gasteiger partial charge on any atom is 0.573 e. The zero-order valence-electron chi connectivity index (χ0n) is 8.51. The first-order chi connectivity index (χ1) is 7.28. The van der Waals surface area contributed by atoms with E-state index in [-0.39, 0.29) is 6.04 Å². The van der Waals surface area contributed by atoms with Crippen molar-refractivity contribution in [1.29, 1.82) is 0 Å². The summed E-state index contributed by atoms with van der Waals surface area (Å²) >= 11 is 0. The highest BCUT2D eigenvalue weighted by molar-refractivity contribution is 5.29. The molecule has 0 aromatic heterocycles. The molecule has 1 unspecified atom stereocenters. The van der Waals surface area contributed by atoms with E-state index in [1.807, 2.05) is 0 Å². The van der Waals surface area contributed by atoms with Crippen molar-refractivity contribution in [2.75, 3.05) is 0 Å². The highest BCUT2D eigenvalue weighted by atomic mass is 19.4. The highest BCUT2D eigenvalue weighted by Gasteiger charge is 2.32. The average molecular weight is 237 g/mol. The molecular weight excluding hydrogens is 226 g/mol. The molecule has 1 aromatic rings. The first kappa shape index (κ1) is 12.8. The summed E-state index contributed by atoms with van der Waals surface area (Å²) < 4.78 is 52.1. The fourth-order valence-corrected chi connectivity index (χ4v) is 1.25. The van der Waals surface area contributed by atoms with Crippen LogP contribution in [-0.4, -0.2) is 12.4 Å². The van der Waals surface area contributed by atoms with Crippen LogP contribution in [0.1, 0.15) is 12.5 Å². The lowest BCUT2D eigenvalue weighted by Crippen LogP contribution is -2.19. The van der Waals surface area contributed by atoms with E-state index < -0.39 is 17.9 Å². The number of benzene rings is 1. The Hall–Kier alpha value is -1.30. The molecule has 0 amide bonds. The number of ether oxygens (including phenoxy) is 1. The third-order valence-electron chi connectivity index (χ3n) is 1.78. The van der Waals surface area contributed by atoms with Gasteiger partial charge in [-0.3, -0.25) is 0 Å². The third kappa shape index (κ3) is 4.06. The van der Waals surface area contributed by atoms with Crippen LogP contribution in [0.2, 0.25) is 0 Å². The smallest absolute Gasteiger partial charge is 0.403 e. The van der Waals surface area contributed by atoms with Crippen LogP contribution in [0.3, 0.4) is 0 Å². The molecule has 0 aliphatic carbocycles. The van der Waals surface area contributed by atoms with Gasteiger partial charge in [0.05, 0.1) is 0 Å². The van der Waals surface area contributed by atoms with E-state index in [1.54, 1.807) is 6.92 Å². The summed E-state index contributed by atoms with van der Waals surface area (Å²) in [5, 5.41) is 0. The lowest BCUT2D eigenvalue weighted by Gasteiger charge is -2.11. The lowest BCUT2D eigenvalue weighted by atomic mass is 10.1. The summed E-state index contributed by atoms with van der Waals surface area (Å²) in [6.07, 6.45) is -4.49. The molecule has 0 radical (unpaired) electrons. The van der Waals surface area contributed by atoms with Crippen molar-refractivity contribution in [3.05, 3.63) is 29.6 Å². The molecule has 0 bridgehead atoms. The standard InChI is InChI=1S/C10H11F4NO/c1-6(15)4-7-2-3-9(8(11)5-7)16-10(12,13)14/h2-3,5-6H,4,15H2,1H3. The molecular formula is C10H11F4NO. The first-order valence-corrected chi connectivity index (χ1v) is 4.57. The van der Waals surface area contributed by atoms with Crippen LogP contribution in [0.4, 0.5) is 17.6 Å². The zero-order chi connectivity index (χ0) is 12.3. The van der Waals surface area contributed by atoms with E-state index >= 15 is 0 Å². The van der Waals surface area contributed by atoms with Crippen LogP contribution in [0.5, 0.6) is 5.75 Å². The van der Waals surface area contributed by atoms with Crippen LogP contribution < -0.4 is 10.5 Å². The van der Waals surface area contributed by atoms with Gasteiger partial charge in [0.1, 0.15) is 0 Å². The van der Waals surface area contributed by atoms with Crippen molar-refractivity contribution in [2.45, 2.75) is 25.7 Å². The molecule has 0 saturated carbocycles. The fourth-order valence-electron chi connectivity index (χ4n) is 1.25. The van der Waals surface area contributed by atoms with Gasteiger partial charge < -0.3 is 10.5 Å². The maximum atomic E-state index is 13.2. The second-order valence-electron chi connectivity index (χ2n) is 3.49. The molecule has 90 valence electrons. The molecule has 1 rings (SSSR count). The number of halogens is 4. The Morgan fingerprint density at radius 1 is 1.38 bits per heavy atom. The summed E-state index contributed by atoms with van der Waals surface area (Å²) in [6.45, 7) is 1.72. The Morgan fingerprint density at radius 3 is 2.44 bits per heavy atom. The van der Waals surface area contributed by atoms with Crippen molar-refractivity contribution in [3.8, 4) is 5.75 Å². The number of rotatable bonds is 3. The molecule has 0 spiro atoms. The van der Waals surface area contributed by atoms with Gasteiger partial charge in [0.25, 0.3) is 0 Å². The maximum absolute atomic E-state index is 13.2. The van der Waals surface area contributed by atoms with Gasteiger partial charge in [-0.25, -0.2) is 4.39 Å². The molecule has 2 N–H and O–H groups in total. The van der Waals surface area contributed by atoms with Crippen molar-refractivity contribution in [3.63, 3.8) is 0 Å². The van der Waals surface area contributed by atoms with Crippen LogP contribution in [0.25, 0.3) is 0 Å². The Balaban J connectivity index is 2.83. The van der Waals surface area contributed by atoms with Gasteiger partial charge in [-0.05, 0) is 31.0 Å². The van der Waals surface area contributed by atoms with E-state index in [0.29, 0.717) is 12.0 Å². The molecule has 6 heteroatoms. The van der Waals surface area contributed by atoms with Crippen molar-refractivity contribution < 1.29 is 22.3 Å². The minimum absolute atomic E-state index is 0.186. The second kappa shape index (κ2) is 4.69. The summed E-state index contributed by atoms with van der Waals surface area (Å²) in [5.74, 6) is -1.88. The number of alkyl halides is 3. The molecule has 1 atom stereocenters. The van der Waals surface area contributed by atoms with Gasteiger partial charge in [0, 0.05) is 6.04 Å². The predicted octanol–water partition coefficient (Wildman–Crippen LogP) is 2.61. The quantitative estimate of drug-likeness (QED) is 0.820. The monoisotopic (exact) mass is 237 g/mol. The number of hydrogen-bond acceptors (Lipinski definition) is 2. The van der Waals surface area contributed by atoms with E-state index in [1.165, 1.54) is 6.07 Å². The topological polar surface area (TPSA) is 35.2 Å². The minimum Gasteiger partial charge on any atom is -0.403 e. The predicted molar refractivity (Wildman–Crippen MR) is 50.4 cm³/mol. The van der Waals surface area contributed by atoms with E-state index in [4.69, 9.17) is 5.73 Å². The zero-order valence-corrected chi connectivity index (χ0v) is 8.51. The molecule has 0 heterocycles. The summed E-state index contributed by atoms with van der Waals surface area (Å²) in [4.78, 5) is 0. The second-order valence-corrected chi connectivity index (χ2v) is 3.49. The normalized spacial score (nSPS) is 13.6. The SMILES string of the molecule is CC(N)Cc1ccc(OC(F)(F)F)c(F)c1. The van der Waals surface area contributed by atoms with Gasteiger partial charge in [-0.2, -0.15) is 0 Å². The lowest BCUT2D eigenvalue weighted by molar-refractivity contribution is -0.275. The van der Waals surface area contributed by atoms with E-state index in [0.717, 1.165) is 12.1 Å². The Kier molecular flexibility index (Phi) is 3.74. The van der Waals surface area contributed by atoms with Crippen LogP contribution in [-0.2, 0) is 6.42 Å². The molecule has 16 heavy (non-hydrogen) atoms. The van der Waals surface area contributed by atoms with E-state index in [2.05, 4.69) is 4.74 Å². The van der Waals surface area contributed by atoms with Crippen LogP contribution in [0, 0.1) is 5.82 Å². The van der Waals surface area contributed by atoms with E-state index in [9.17, 15) is 17.6 Å². The summed E-state index contributed by atoms with van der Waals surface area (Å²) in [5.41, 5.74) is 6.01. The third-order valence-corrected chi connectivity index (χ3v) is 1.78. The van der Waals surface area contributed by atoms with Crippen LogP contribution >= 0.6 is 0 Å². The summed E-state index contributed by atoms with van der Waals surface area (Å²) in [6, 6.07) is 3.10. The van der Waals surface area contributed by atoms with Gasteiger partial charge in [0.2, 0.25) is 0 Å². The molecule has 0 saturated heterocycles. The average Bonchev–Trinajstić information content (AvgIpc) is 2.06. The Labute approximate surface area is 90.0 Å². The molecule has 2 nitrogen and oxygen atoms in total. The molecule has 0 fully saturated rings. The van der Waals surface area contributed by atoms with Gasteiger partial charge in [-0.1, -0.05) is 6.07 Å². The van der Waals surface area contributed by atoms with Crippen molar-refractivity contribution in [1.82, 2.24) is 0 Å². The number of nitrogens with two attached hydrogens (primary N) is 1. The molecule has 1 aromatic carbocycles. The fraction of sp³-hybridized carbons (Fsp3) is 0.400.